The molecule has 1 unspecified atom stereocenters. The second kappa shape index (κ2) is 2.73. The van der Waals surface area contributed by atoms with Crippen molar-refractivity contribution in [1.29, 1.82) is 0 Å². The largest absolute Gasteiger partial charge is 0.338 e. The third-order valence-electron chi connectivity index (χ3n) is 3.07. The Morgan fingerprint density at radius 1 is 1.50 bits per heavy atom. The van der Waals surface area contributed by atoms with E-state index in [2.05, 4.69) is 6.92 Å². The predicted octanol–water partition coefficient (Wildman–Crippen LogP) is 0.345. The van der Waals surface area contributed by atoms with Crippen molar-refractivity contribution in [3.8, 4) is 0 Å². The van der Waals surface area contributed by atoms with Crippen LogP contribution >= 0.6 is 0 Å². The maximum atomic E-state index is 11.4. The van der Waals surface area contributed by atoms with Crippen molar-refractivity contribution < 1.29 is 4.79 Å². The number of carbonyl (C=O) groups is 1. The van der Waals surface area contributed by atoms with Gasteiger partial charge in [0.15, 0.2) is 0 Å². The van der Waals surface area contributed by atoms with Crippen LogP contribution in [0.25, 0.3) is 0 Å². The second-order valence-corrected chi connectivity index (χ2v) is 4.16. The summed E-state index contributed by atoms with van der Waals surface area (Å²) >= 11 is 0. The molecule has 1 atom stereocenters. The lowest BCUT2D eigenvalue weighted by Crippen LogP contribution is -2.46. The number of amides is 1. The van der Waals surface area contributed by atoms with Gasteiger partial charge in [-0.3, -0.25) is 4.79 Å². The Morgan fingerprint density at radius 3 is 2.58 bits per heavy atom. The third kappa shape index (κ3) is 1.12. The van der Waals surface area contributed by atoms with Crippen LogP contribution in [-0.2, 0) is 4.79 Å². The molecule has 0 aromatic rings. The molecular weight excluding hydrogens is 152 g/mol. The van der Waals surface area contributed by atoms with Crippen LogP contribution in [0.2, 0.25) is 0 Å². The molecule has 3 nitrogen and oxygen atoms in total. The van der Waals surface area contributed by atoms with E-state index in [-0.39, 0.29) is 11.9 Å². The number of hydrogen-bond acceptors (Lipinski definition) is 2. The lowest BCUT2D eigenvalue weighted by Gasteiger charge is -2.39. The van der Waals surface area contributed by atoms with Crippen molar-refractivity contribution in [1.82, 2.24) is 4.90 Å². The van der Waals surface area contributed by atoms with E-state index in [1.54, 1.807) is 0 Å². The number of nitrogens with two attached hydrogens (primary N) is 1. The van der Waals surface area contributed by atoms with Gasteiger partial charge in [0, 0.05) is 12.6 Å². The maximum Gasteiger partial charge on any atom is 0.239 e. The molecule has 0 bridgehead atoms. The van der Waals surface area contributed by atoms with Crippen LogP contribution in [0, 0.1) is 5.92 Å². The Morgan fingerprint density at radius 2 is 2.17 bits per heavy atom. The van der Waals surface area contributed by atoms with E-state index < -0.39 is 0 Å². The van der Waals surface area contributed by atoms with Gasteiger partial charge in [-0.25, -0.2) is 0 Å². The molecule has 2 aliphatic rings. The zero-order chi connectivity index (χ0) is 8.72. The van der Waals surface area contributed by atoms with Gasteiger partial charge in [0.05, 0.1) is 6.04 Å². The highest BCUT2D eigenvalue weighted by atomic mass is 16.2. The normalized spacial score (nSPS) is 41.7. The first-order valence-corrected chi connectivity index (χ1v) is 4.74. The van der Waals surface area contributed by atoms with Crippen molar-refractivity contribution in [3.05, 3.63) is 0 Å². The van der Waals surface area contributed by atoms with Crippen molar-refractivity contribution in [2.24, 2.45) is 11.7 Å². The molecular formula is C9H16N2O. The Balaban J connectivity index is 1.93. The minimum atomic E-state index is -0.207. The standard InChI is InChI=1S/C9H16N2O/c1-6-4-7(5-6)11-3-2-8(10)9(11)12/h6-8H,2-5,10H2,1H3. The molecule has 1 saturated carbocycles. The van der Waals surface area contributed by atoms with E-state index in [0.717, 1.165) is 18.9 Å². The molecule has 68 valence electrons. The summed E-state index contributed by atoms with van der Waals surface area (Å²) in [5, 5.41) is 0. The molecule has 0 radical (unpaired) electrons. The number of likely N-dealkylation sites (tertiary alicyclic amines) is 1. The minimum Gasteiger partial charge on any atom is -0.338 e. The van der Waals surface area contributed by atoms with Crippen LogP contribution in [0.15, 0.2) is 0 Å². The van der Waals surface area contributed by atoms with Gasteiger partial charge in [-0.2, -0.15) is 0 Å². The van der Waals surface area contributed by atoms with Gasteiger partial charge in [0.2, 0.25) is 5.91 Å². The molecule has 0 aromatic heterocycles. The maximum absolute atomic E-state index is 11.4. The van der Waals surface area contributed by atoms with E-state index >= 15 is 0 Å². The quantitative estimate of drug-likeness (QED) is 0.614. The summed E-state index contributed by atoms with van der Waals surface area (Å²) in [5.74, 6) is 0.978. The zero-order valence-electron chi connectivity index (χ0n) is 7.49. The molecule has 1 aliphatic carbocycles. The lowest BCUT2D eigenvalue weighted by atomic mass is 9.81. The Labute approximate surface area is 72.9 Å². The Kier molecular flexibility index (Phi) is 1.83. The molecule has 2 rings (SSSR count). The van der Waals surface area contributed by atoms with Crippen LogP contribution in [0.5, 0.6) is 0 Å². The summed E-state index contributed by atoms with van der Waals surface area (Å²) in [5.41, 5.74) is 5.63. The molecule has 12 heavy (non-hydrogen) atoms. The van der Waals surface area contributed by atoms with Crippen LogP contribution in [0.1, 0.15) is 26.2 Å². The Hall–Kier alpha value is -0.570. The van der Waals surface area contributed by atoms with E-state index in [4.69, 9.17) is 5.73 Å². The number of hydrogen-bond donors (Lipinski definition) is 1. The Bertz CT molecular complexity index is 199. The first kappa shape index (κ1) is 8.05. The summed E-state index contributed by atoms with van der Waals surface area (Å²) in [6.45, 7) is 3.12. The van der Waals surface area contributed by atoms with Crippen molar-refractivity contribution in [2.75, 3.05) is 6.54 Å². The van der Waals surface area contributed by atoms with Gasteiger partial charge in [-0.1, -0.05) is 6.92 Å². The van der Waals surface area contributed by atoms with E-state index in [9.17, 15) is 4.79 Å². The van der Waals surface area contributed by atoms with Gasteiger partial charge in [-0.15, -0.1) is 0 Å². The molecule has 0 aromatic carbocycles. The van der Waals surface area contributed by atoms with Gasteiger partial charge in [0.1, 0.15) is 0 Å². The van der Waals surface area contributed by atoms with Gasteiger partial charge in [-0.05, 0) is 25.2 Å². The van der Waals surface area contributed by atoms with Crippen molar-refractivity contribution in [3.63, 3.8) is 0 Å². The highest BCUT2D eigenvalue weighted by Crippen LogP contribution is 2.33. The second-order valence-electron chi connectivity index (χ2n) is 4.16. The zero-order valence-corrected chi connectivity index (χ0v) is 7.49. The van der Waals surface area contributed by atoms with Gasteiger partial charge < -0.3 is 10.6 Å². The molecule has 3 heteroatoms. The van der Waals surface area contributed by atoms with E-state index in [1.807, 2.05) is 4.90 Å². The molecule has 2 fully saturated rings. The average Bonchev–Trinajstić information content (AvgIpc) is 2.28. The first-order valence-electron chi connectivity index (χ1n) is 4.74. The summed E-state index contributed by atoms with van der Waals surface area (Å²) < 4.78 is 0. The minimum absolute atomic E-state index is 0.173. The smallest absolute Gasteiger partial charge is 0.239 e. The van der Waals surface area contributed by atoms with Crippen LogP contribution in [0.3, 0.4) is 0 Å². The number of nitrogens with zero attached hydrogens (tertiary/aromatic N) is 1. The van der Waals surface area contributed by atoms with Gasteiger partial charge in [0.25, 0.3) is 0 Å². The molecule has 1 amide bonds. The fourth-order valence-electron chi connectivity index (χ4n) is 2.20. The van der Waals surface area contributed by atoms with Crippen LogP contribution < -0.4 is 5.73 Å². The summed E-state index contributed by atoms with van der Waals surface area (Å²) in [6.07, 6.45) is 3.21. The lowest BCUT2D eigenvalue weighted by molar-refractivity contribution is -0.132. The fraction of sp³-hybridized carbons (Fsp3) is 0.889. The molecule has 1 aliphatic heterocycles. The highest BCUT2D eigenvalue weighted by Gasteiger charge is 2.38. The monoisotopic (exact) mass is 168 g/mol. The predicted molar refractivity (Wildman–Crippen MR) is 46.5 cm³/mol. The summed E-state index contributed by atoms with van der Waals surface area (Å²) in [6, 6.07) is 0.307. The van der Waals surface area contributed by atoms with Crippen molar-refractivity contribution in [2.45, 2.75) is 38.3 Å². The van der Waals surface area contributed by atoms with E-state index in [0.29, 0.717) is 6.04 Å². The van der Waals surface area contributed by atoms with Crippen LogP contribution in [0.4, 0.5) is 0 Å². The molecule has 1 saturated heterocycles. The average molecular weight is 168 g/mol. The fourth-order valence-corrected chi connectivity index (χ4v) is 2.20. The number of rotatable bonds is 1. The van der Waals surface area contributed by atoms with Gasteiger partial charge >= 0.3 is 0 Å². The van der Waals surface area contributed by atoms with E-state index in [1.165, 1.54) is 12.8 Å². The molecule has 1 heterocycles. The van der Waals surface area contributed by atoms with Crippen molar-refractivity contribution >= 4 is 5.91 Å². The summed E-state index contributed by atoms with van der Waals surface area (Å²) in [7, 11) is 0. The third-order valence-corrected chi connectivity index (χ3v) is 3.07. The molecule has 0 spiro atoms. The highest BCUT2D eigenvalue weighted by molar-refractivity contribution is 5.84. The molecule has 2 N–H and O–H groups in total. The first-order chi connectivity index (χ1) is 5.68. The summed E-state index contributed by atoms with van der Waals surface area (Å²) in [4.78, 5) is 13.4. The number of carbonyl (C=O) groups excluding carboxylic acids is 1. The topological polar surface area (TPSA) is 46.3 Å². The van der Waals surface area contributed by atoms with Crippen LogP contribution in [-0.4, -0.2) is 29.4 Å². The SMILES string of the molecule is CC1CC(N2CCC(N)C2=O)C1.